The molecule has 1 unspecified atom stereocenters. The van der Waals surface area contributed by atoms with Crippen LogP contribution in [0.3, 0.4) is 0 Å². The zero-order valence-corrected chi connectivity index (χ0v) is 8.63. The highest BCUT2D eigenvalue weighted by molar-refractivity contribution is 4.68. The summed E-state index contributed by atoms with van der Waals surface area (Å²) in [5.74, 6) is 0. The second-order valence-electron chi connectivity index (χ2n) is 3.55. The molecule has 0 aromatic heterocycles. The van der Waals surface area contributed by atoms with E-state index in [2.05, 4.69) is 13.0 Å². The van der Waals surface area contributed by atoms with Gasteiger partial charge in [0.1, 0.15) is 0 Å². The summed E-state index contributed by atoms with van der Waals surface area (Å²) in [6.45, 7) is 2.14. The number of hydrogen-bond acceptors (Lipinski definition) is 2. The first kappa shape index (κ1) is 12.4. The van der Waals surface area contributed by atoms with Crippen LogP contribution >= 0.6 is 0 Å². The molecule has 76 valence electrons. The number of hydrogen-bond donors (Lipinski definition) is 1. The zero-order chi connectivity index (χ0) is 9.94. The molecule has 0 radical (unpaired) electrons. The van der Waals surface area contributed by atoms with E-state index < -0.39 is 0 Å². The third kappa shape index (κ3) is 9.36. The molecule has 0 saturated heterocycles. The van der Waals surface area contributed by atoms with Gasteiger partial charge in [-0.25, -0.2) is 0 Å². The summed E-state index contributed by atoms with van der Waals surface area (Å²) < 4.78 is 0. The number of nitrogens with zero attached hydrogens (tertiary/aromatic N) is 1. The van der Waals surface area contributed by atoms with Crippen molar-refractivity contribution in [3.05, 3.63) is 0 Å². The third-order valence-electron chi connectivity index (χ3n) is 2.22. The van der Waals surface area contributed by atoms with Crippen molar-refractivity contribution in [3.8, 4) is 6.07 Å². The number of aliphatic hydroxyl groups excluding tert-OH is 1. The van der Waals surface area contributed by atoms with Gasteiger partial charge in [0, 0.05) is 6.42 Å². The molecular weight excluding hydrogens is 162 g/mol. The Balaban J connectivity index is 3.08. The summed E-state index contributed by atoms with van der Waals surface area (Å²) in [6, 6.07) is 2.13. The maximum Gasteiger partial charge on any atom is 0.0621 e. The van der Waals surface area contributed by atoms with E-state index in [-0.39, 0.29) is 6.10 Å². The molecular formula is C11H21NO. The van der Waals surface area contributed by atoms with Crippen molar-refractivity contribution in [2.75, 3.05) is 0 Å². The number of unbranched alkanes of at least 4 members (excludes halogenated alkanes) is 4. The second-order valence-corrected chi connectivity index (χ2v) is 3.55. The summed E-state index contributed by atoms with van der Waals surface area (Å²) in [6.07, 6.45) is 7.80. The van der Waals surface area contributed by atoms with Gasteiger partial charge in [-0.2, -0.15) is 5.26 Å². The van der Waals surface area contributed by atoms with Crippen LogP contribution in [0, 0.1) is 11.3 Å². The molecule has 0 saturated carbocycles. The third-order valence-corrected chi connectivity index (χ3v) is 2.22. The molecule has 0 bridgehead atoms. The van der Waals surface area contributed by atoms with Crippen LogP contribution in [0.2, 0.25) is 0 Å². The van der Waals surface area contributed by atoms with Gasteiger partial charge in [0.25, 0.3) is 0 Å². The maximum atomic E-state index is 9.47. The predicted molar refractivity (Wildman–Crippen MR) is 54.2 cm³/mol. The topological polar surface area (TPSA) is 44.0 Å². The lowest BCUT2D eigenvalue weighted by Gasteiger charge is -2.08. The first-order valence-electron chi connectivity index (χ1n) is 5.36. The van der Waals surface area contributed by atoms with Gasteiger partial charge in [-0.1, -0.05) is 32.6 Å². The van der Waals surface area contributed by atoms with Crippen molar-refractivity contribution in [2.45, 2.75) is 64.4 Å². The zero-order valence-electron chi connectivity index (χ0n) is 8.63. The van der Waals surface area contributed by atoms with Gasteiger partial charge < -0.3 is 5.11 Å². The smallest absolute Gasteiger partial charge is 0.0621 e. The molecule has 0 aliphatic rings. The van der Waals surface area contributed by atoms with Crippen LogP contribution in [0.4, 0.5) is 0 Å². The minimum Gasteiger partial charge on any atom is -0.393 e. The van der Waals surface area contributed by atoms with Gasteiger partial charge in [-0.3, -0.25) is 0 Å². The summed E-state index contributed by atoms with van der Waals surface area (Å²) in [5.41, 5.74) is 0. The number of nitriles is 1. The quantitative estimate of drug-likeness (QED) is 0.588. The van der Waals surface area contributed by atoms with E-state index in [0.717, 1.165) is 44.9 Å². The fourth-order valence-corrected chi connectivity index (χ4v) is 1.34. The number of rotatable bonds is 8. The SMILES string of the molecule is CCCCC(O)CCCCCC#N. The van der Waals surface area contributed by atoms with Gasteiger partial charge >= 0.3 is 0 Å². The maximum absolute atomic E-state index is 9.47. The normalized spacial score (nSPS) is 12.4. The molecule has 13 heavy (non-hydrogen) atoms. The summed E-state index contributed by atoms with van der Waals surface area (Å²) in [5, 5.41) is 17.8. The Labute approximate surface area is 81.6 Å². The number of aliphatic hydroxyl groups is 1. The summed E-state index contributed by atoms with van der Waals surface area (Å²) in [4.78, 5) is 0. The highest BCUT2D eigenvalue weighted by Crippen LogP contribution is 2.10. The molecule has 0 amide bonds. The van der Waals surface area contributed by atoms with Crippen LogP contribution in [-0.4, -0.2) is 11.2 Å². The van der Waals surface area contributed by atoms with Gasteiger partial charge in [0.2, 0.25) is 0 Å². The molecule has 2 nitrogen and oxygen atoms in total. The molecule has 1 atom stereocenters. The van der Waals surface area contributed by atoms with E-state index in [4.69, 9.17) is 5.26 Å². The summed E-state index contributed by atoms with van der Waals surface area (Å²) in [7, 11) is 0. The molecule has 0 heterocycles. The first-order valence-corrected chi connectivity index (χ1v) is 5.36. The van der Waals surface area contributed by atoms with Crippen LogP contribution in [0.15, 0.2) is 0 Å². The van der Waals surface area contributed by atoms with E-state index in [1.807, 2.05) is 0 Å². The van der Waals surface area contributed by atoms with Crippen molar-refractivity contribution < 1.29 is 5.11 Å². The molecule has 0 aliphatic carbocycles. The molecule has 1 N–H and O–H groups in total. The van der Waals surface area contributed by atoms with Crippen LogP contribution < -0.4 is 0 Å². The molecule has 0 rings (SSSR count). The van der Waals surface area contributed by atoms with Crippen molar-refractivity contribution in [2.24, 2.45) is 0 Å². The van der Waals surface area contributed by atoms with Gasteiger partial charge in [-0.15, -0.1) is 0 Å². The Morgan fingerprint density at radius 3 is 2.46 bits per heavy atom. The largest absolute Gasteiger partial charge is 0.393 e. The van der Waals surface area contributed by atoms with Gasteiger partial charge in [0.15, 0.2) is 0 Å². The van der Waals surface area contributed by atoms with Crippen molar-refractivity contribution in [1.29, 1.82) is 5.26 Å². The molecule has 0 fully saturated rings. The minimum absolute atomic E-state index is 0.109. The van der Waals surface area contributed by atoms with Crippen LogP contribution in [0.1, 0.15) is 58.3 Å². The standard InChI is InChI=1S/C11H21NO/c1-2-3-8-11(13)9-6-4-5-7-10-12/h11,13H,2-9H2,1H3. The lowest BCUT2D eigenvalue weighted by molar-refractivity contribution is 0.148. The van der Waals surface area contributed by atoms with Gasteiger partial charge in [-0.05, 0) is 19.3 Å². The Morgan fingerprint density at radius 2 is 1.85 bits per heavy atom. The average molecular weight is 183 g/mol. The van der Waals surface area contributed by atoms with E-state index in [1.165, 1.54) is 0 Å². The Morgan fingerprint density at radius 1 is 1.15 bits per heavy atom. The van der Waals surface area contributed by atoms with Crippen molar-refractivity contribution in [1.82, 2.24) is 0 Å². The van der Waals surface area contributed by atoms with Crippen molar-refractivity contribution >= 4 is 0 Å². The van der Waals surface area contributed by atoms with E-state index in [0.29, 0.717) is 6.42 Å². The Bertz CT molecular complexity index is 140. The van der Waals surface area contributed by atoms with Crippen LogP contribution in [-0.2, 0) is 0 Å². The van der Waals surface area contributed by atoms with Crippen LogP contribution in [0.5, 0.6) is 0 Å². The summed E-state index contributed by atoms with van der Waals surface area (Å²) >= 11 is 0. The van der Waals surface area contributed by atoms with Crippen molar-refractivity contribution in [3.63, 3.8) is 0 Å². The van der Waals surface area contributed by atoms with E-state index >= 15 is 0 Å². The Kier molecular flexibility index (Phi) is 9.13. The highest BCUT2D eigenvalue weighted by Gasteiger charge is 2.02. The first-order chi connectivity index (χ1) is 6.31. The second kappa shape index (κ2) is 9.54. The van der Waals surface area contributed by atoms with E-state index in [1.54, 1.807) is 0 Å². The fourth-order valence-electron chi connectivity index (χ4n) is 1.34. The lowest BCUT2D eigenvalue weighted by Crippen LogP contribution is -2.05. The predicted octanol–water partition coefficient (Wildman–Crippen LogP) is 3.01. The average Bonchev–Trinajstić information content (AvgIpc) is 2.14. The lowest BCUT2D eigenvalue weighted by atomic mass is 10.0. The van der Waals surface area contributed by atoms with Gasteiger partial charge in [0.05, 0.1) is 12.2 Å². The van der Waals surface area contributed by atoms with E-state index in [9.17, 15) is 5.11 Å². The molecule has 0 aromatic rings. The van der Waals surface area contributed by atoms with Crippen LogP contribution in [0.25, 0.3) is 0 Å². The molecule has 0 spiro atoms. The molecule has 0 aliphatic heterocycles. The molecule has 2 heteroatoms. The fraction of sp³-hybridized carbons (Fsp3) is 0.909. The monoisotopic (exact) mass is 183 g/mol. The molecule has 0 aromatic carbocycles. The highest BCUT2D eigenvalue weighted by atomic mass is 16.3. The Hall–Kier alpha value is -0.550. The minimum atomic E-state index is -0.109.